The molecule has 0 bridgehead atoms. The summed E-state index contributed by atoms with van der Waals surface area (Å²) < 4.78 is 1.27. The quantitative estimate of drug-likeness (QED) is 0.742. The number of amides is 1. The molecule has 0 aliphatic rings. The van der Waals surface area contributed by atoms with Crippen molar-refractivity contribution in [3.05, 3.63) is 70.6 Å². The third-order valence-corrected chi connectivity index (χ3v) is 3.80. The van der Waals surface area contributed by atoms with Gasteiger partial charge in [-0.2, -0.15) is 5.10 Å². The maximum absolute atomic E-state index is 12.4. The molecule has 3 aromatic rings. The van der Waals surface area contributed by atoms with Crippen LogP contribution in [0.5, 0.6) is 0 Å². The number of carbonyl (C=O) groups excluding carboxylic acids is 1. The molecule has 1 N–H and O–H groups in total. The SMILES string of the molecule is CN(NC(=O)Cc1nn(C)c(=O)c2ccccc12)c1ccccc1. The zero-order valence-corrected chi connectivity index (χ0v) is 13.6. The number of aromatic nitrogens is 2. The molecule has 1 aromatic heterocycles. The molecule has 0 spiro atoms. The number of hydrazine groups is 1. The van der Waals surface area contributed by atoms with E-state index in [4.69, 9.17) is 0 Å². The Morgan fingerprint density at radius 3 is 2.42 bits per heavy atom. The predicted octanol–water partition coefficient (Wildman–Crippen LogP) is 1.64. The third kappa shape index (κ3) is 3.12. The van der Waals surface area contributed by atoms with Crippen LogP contribution in [0.2, 0.25) is 0 Å². The van der Waals surface area contributed by atoms with Crippen LogP contribution in [0.1, 0.15) is 5.69 Å². The van der Waals surface area contributed by atoms with Gasteiger partial charge in [0.05, 0.1) is 23.2 Å². The van der Waals surface area contributed by atoms with E-state index < -0.39 is 0 Å². The highest BCUT2D eigenvalue weighted by Crippen LogP contribution is 2.14. The van der Waals surface area contributed by atoms with Gasteiger partial charge in [0, 0.05) is 19.5 Å². The summed E-state index contributed by atoms with van der Waals surface area (Å²) >= 11 is 0. The number of nitrogens with one attached hydrogen (secondary N) is 1. The van der Waals surface area contributed by atoms with Gasteiger partial charge in [0.1, 0.15) is 0 Å². The van der Waals surface area contributed by atoms with Crippen molar-refractivity contribution in [3.63, 3.8) is 0 Å². The third-order valence-electron chi connectivity index (χ3n) is 3.80. The van der Waals surface area contributed by atoms with Crippen LogP contribution in [0.3, 0.4) is 0 Å². The molecule has 0 unspecified atom stereocenters. The van der Waals surface area contributed by atoms with Crippen molar-refractivity contribution in [3.8, 4) is 0 Å². The number of anilines is 1. The van der Waals surface area contributed by atoms with Crippen LogP contribution >= 0.6 is 0 Å². The number of fused-ring (bicyclic) bond motifs is 1. The van der Waals surface area contributed by atoms with Crippen molar-refractivity contribution in [2.24, 2.45) is 7.05 Å². The number of benzene rings is 2. The lowest BCUT2D eigenvalue weighted by Gasteiger charge is -2.20. The molecular weight excluding hydrogens is 304 g/mol. The van der Waals surface area contributed by atoms with E-state index in [1.165, 1.54) is 4.68 Å². The van der Waals surface area contributed by atoms with Crippen molar-refractivity contribution in [2.45, 2.75) is 6.42 Å². The fraction of sp³-hybridized carbons (Fsp3) is 0.167. The topological polar surface area (TPSA) is 67.2 Å². The molecule has 6 heteroatoms. The van der Waals surface area contributed by atoms with E-state index in [0.29, 0.717) is 16.5 Å². The number of para-hydroxylation sites is 1. The normalized spacial score (nSPS) is 10.6. The summed E-state index contributed by atoms with van der Waals surface area (Å²) in [5.74, 6) is -0.197. The number of nitrogens with zero attached hydrogens (tertiary/aromatic N) is 3. The lowest BCUT2D eigenvalue weighted by molar-refractivity contribution is -0.120. The maximum atomic E-state index is 12.4. The number of aryl methyl sites for hydroxylation is 1. The Morgan fingerprint density at radius 1 is 1.08 bits per heavy atom. The van der Waals surface area contributed by atoms with E-state index in [1.807, 2.05) is 42.5 Å². The summed E-state index contributed by atoms with van der Waals surface area (Å²) in [6.45, 7) is 0. The van der Waals surface area contributed by atoms with Crippen molar-refractivity contribution in [1.29, 1.82) is 0 Å². The molecule has 0 radical (unpaired) electrons. The molecule has 24 heavy (non-hydrogen) atoms. The smallest absolute Gasteiger partial charge is 0.274 e. The van der Waals surface area contributed by atoms with Gasteiger partial charge in [0.25, 0.3) is 5.56 Å². The van der Waals surface area contributed by atoms with E-state index in [-0.39, 0.29) is 17.9 Å². The Bertz CT molecular complexity index is 935. The summed E-state index contributed by atoms with van der Waals surface area (Å²) in [6.07, 6.45) is 0.0891. The lowest BCUT2D eigenvalue weighted by Crippen LogP contribution is -2.40. The highest BCUT2D eigenvalue weighted by molar-refractivity contribution is 5.88. The van der Waals surface area contributed by atoms with Gasteiger partial charge in [-0.3, -0.25) is 20.0 Å². The first kappa shape index (κ1) is 15.7. The summed E-state index contributed by atoms with van der Waals surface area (Å²) in [5.41, 5.74) is 4.09. The van der Waals surface area contributed by atoms with E-state index in [2.05, 4.69) is 10.5 Å². The van der Waals surface area contributed by atoms with Gasteiger partial charge < -0.3 is 0 Å². The monoisotopic (exact) mass is 322 g/mol. The predicted molar refractivity (Wildman–Crippen MR) is 93.7 cm³/mol. The Kier molecular flexibility index (Phi) is 4.29. The second kappa shape index (κ2) is 6.54. The Morgan fingerprint density at radius 2 is 1.71 bits per heavy atom. The molecule has 3 rings (SSSR count). The van der Waals surface area contributed by atoms with Gasteiger partial charge in [0.15, 0.2) is 0 Å². The summed E-state index contributed by atoms with van der Waals surface area (Å²) in [4.78, 5) is 24.5. The van der Waals surface area contributed by atoms with Gasteiger partial charge in [-0.25, -0.2) is 4.68 Å². The van der Waals surface area contributed by atoms with Crippen LogP contribution in [0.15, 0.2) is 59.4 Å². The van der Waals surface area contributed by atoms with E-state index in [9.17, 15) is 9.59 Å². The fourth-order valence-corrected chi connectivity index (χ4v) is 2.60. The first-order chi connectivity index (χ1) is 11.6. The average molecular weight is 322 g/mol. The molecule has 1 heterocycles. The summed E-state index contributed by atoms with van der Waals surface area (Å²) in [5, 5.41) is 7.18. The van der Waals surface area contributed by atoms with Gasteiger partial charge in [-0.15, -0.1) is 0 Å². The molecule has 122 valence electrons. The molecule has 2 aromatic carbocycles. The molecule has 0 fully saturated rings. The second-order valence-corrected chi connectivity index (χ2v) is 5.53. The Hall–Kier alpha value is -3.15. The summed E-state index contributed by atoms with van der Waals surface area (Å²) in [6, 6.07) is 16.7. The fourth-order valence-electron chi connectivity index (χ4n) is 2.60. The Labute approximate surface area is 139 Å². The maximum Gasteiger partial charge on any atom is 0.274 e. The largest absolute Gasteiger partial charge is 0.289 e. The summed E-state index contributed by atoms with van der Waals surface area (Å²) in [7, 11) is 3.37. The van der Waals surface area contributed by atoms with Gasteiger partial charge in [-0.05, 0) is 18.2 Å². The van der Waals surface area contributed by atoms with Gasteiger partial charge >= 0.3 is 0 Å². The van der Waals surface area contributed by atoms with Crippen molar-refractivity contribution >= 4 is 22.4 Å². The standard InChI is InChI=1S/C18H18N4O2/c1-21(13-8-4-3-5-9-13)20-17(23)12-16-14-10-6-7-11-15(14)18(24)22(2)19-16/h3-11H,12H2,1-2H3,(H,20,23). The minimum atomic E-state index is -0.197. The number of rotatable bonds is 4. The van der Waals surface area contributed by atoms with Gasteiger partial charge in [0.2, 0.25) is 5.91 Å². The molecule has 0 aliphatic heterocycles. The average Bonchev–Trinajstić information content (AvgIpc) is 2.60. The van der Waals surface area contributed by atoms with Crippen LogP contribution in [-0.2, 0) is 18.3 Å². The van der Waals surface area contributed by atoms with Crippen LogP contribution in [-0.4, -0.2) is 22.7 Å². The zero-order valence-electron chi connectivity index (χ0n) is 13.6. The number of hydrogen-bond acceptors (Lipinski definition) is 4. The molecule has 0 atom stereocenters. The number of hydrogen-bond donors (Lipinski definition) is 1. The van der Waals surface area contributed by atoms with Gasteiger partial charge in [-0.1, -0.05) is 36.4 Å². The van der Waals surface area contributed by atoms with E-state index in [0.717, 1.165) is 5.69 Å². The zero-order chi connectivity index (χ0) is 17.1. The molecule has 0 aliphatic carbocycles. The first-order valence-corrected chi connectivity index (χ1v) is 7.59. The molecule has 0 saturated carbocycles. The van der Waals surface area contributed by atoms with E-state index >= 15 is 0 Å². The molecule has 1 amide bonds. The van der Waals surface area contributed by atoms with Crippen LogP contribution in [0.25, 0.3) is 10.8 Å². The molecular formula is C18H18N4O2. The Balaban J connectivity index is 1.84. The highest BCUT2D eigenvalue weighted by Gasteiger charge is 2.13. The highest BCUT2D eigenvalue weighted by atomic mass is 16.2. The van der Waals surface area contributed by atoms with Crippen molar-refractivity contribution in [2.75, 3.05) is 12.1 Å². The van der Waals surface area contributed by atoms with Crippen LogP contribution < -0.4 is 16.0 Å². The minimum absolute atomic E-state index is 0.0891. The molecule has 6 nitrogen and oxygen atoms in total. The van der Waals surface area contributed by atoms with Crippen molar-refractivity contribution < 1.29 is 4.79 Å². The second-order valence-electron chi connectivity index (χ2n) is 5.53. The lowest BCUT2D eigenvalue weighted by atomic mass is 10.1. The first-order valence-electron chi connectivity index (χ1n) is 7.59. The van der Waals surface area contributed by atoms with E-state index in [1.54, 1.807) is 31.2 Å². The van der Waals surface area contributed by atoms with Crippen LogP contribution in [0.4, 0.5) is 5.69 Å². The van der Waals surface area contributed by atoms with Crippen LogP contribution in [0, 0.1) is 0 Å². The molecule has 0 saturated heterocycles. The minimum Gasteiger partial charge on any atom is -0.289 e. The number of carbonyl (C=O) groups is 1. The van der Waals surface area contributed by atoms with Crippen molar-refractivity contribution in [1.82, 2.24) is 15.2 Å².